The zero-order valence-electron chi connectivity index (χ0n) is 17.5. The van der Waals surface area contributed by atoms with Gasteiger partial charge in [-0.15, -0.1) is 24.0 Å². The number of halogens is 1. The number of nitrogens with zero attached hydrogens (tertiary/aromatic N) is 2. The third kappa shape index (κ3) is 9.07. The van der Waals surface area contributed by atoms with Gasteiger partial charge in [-0.25, -0.2) is 0 Å². The van der Waals surface area contributed by atoms with Crippen LogP contribution in [0, 0.1) is 5.92 Å². The van der Waals surface area contributed by atoms with E-state index in [4.69, 9.17) is 9.47 Å². The molecule has 2 rings (SSSR count). The van der Waals surface area contributed by atoms with Crippen molar-refractivity contribution in [3.05, 3.63) is 35.9 Å². The second-order valence-corrected chi connectivity index (χ2v) is 7.13. The van der Waals surface area contributed by atoms with Crippen LogP contribution < -0.4 is 10.6 Å². The molecular formula is C21H37IN4O2. The third-order valence-corrected chi connectivity index (χ3v) is 5.00. The molecular weight excluding hydrogens is 467 g/mol. The summed E-state index contributed by atoms with van der Waals surface area (Å²) in [4.78, 5) is 6.66. The molecule has 1 aromatic carbocycles. The molecule has 6 nitrogen and oxygen atoms in total. The number of methoxy groups -OCH3 is 1. The molecule has 7 heteroatoms. The Hall–Kier alpha value is -0.900. The molecule has 0 saturated carbocycles. The Balaban J connectivity index is 0.00000392. The zero-order chi connectivity index (χ0) is 19.3. The molecule has 0 spiro atoms. The highest BCUT2D eigenvalue weighted by Gasteiger charge is 2.27. The highest BCUT2D eigenvalue weighted by molar-refractivity contribution is 14.0. The maximum absolute atomic E-state index is 6.08. The van der Waals surface area contributed by atoms with E-state index in [1.807, 2.05) is 7.05 Å². The number of hydrogen-bond acceptors (Lipinski definition) is 4. The number of benzene rings is 1. The SMILES string of the molecule is CN=C(NCCN(C)CCCOC)NCC1CCCOC1c1ccccc1.I. The Morgan fingerprint density at radius 3 is 2.75 bits per heavy atom. The predicted octanol–water partition coefficient (Wildman–Crippen LogP) is 2.91. The molecule has 1 aliphatic rings. The lowest BCUT2D eigenvalue weighted by Gasteiger charge is -2.32. The highest BCUT2D eigenvalue weighted by Crippen LogP contribution is 2.32. The Kier molecular flexibility index (Phi) is 13.5. The zero-order valence-corrected chi connectivity index (χ0v) is 19.9. The molecule has 1 fully saturated rings. The molecule has 160 valence electrons. The average Bonchev–Trinajstić information content (AvgIpc) is 2.71. The number of aliphatic imine (C=N–C) groups is 1. The van der Waals surface area contributed by atoms with Crippen molar-refractivity contribution in [1.29, 1.82) is 0 Å². The molecule has 0 aromatic heterocycles. The third-order valence-electron chi connectivity index (χ3n) is 5.00. The van der Waals surface area contributed by atoms with Gasteiger partial charge in [0, 0.05) is 59.5 Å². The summed E-state index contributed by atoms with van der Waals surface area (Å²) in [6, 6.07) is 10.5. The normalized spacial score (nSPS) is 19.9. The first-order valence-electron chi connectivity index (χ1n) is 10.0. The maximum Gasteiger partial charge on any atom is 0.191 e. The molecule has 28 heavy (non-hydrogen) atoms. The van der Waals surface area contributed by atoms with Crippen LogP contribution in [0.5, 0.6) is 0 Å². The summed E-state index contributed by atoms with van der Waals surface area (Å²) in [6.07, 6.45) is 3.51. The van der Waals surface area contributed by atoms with Crippen LogP contribution in [0.2, 0.25) is 0 Å². The summed E-state index contributed by atoms with van der Waals surface area (Å²) in [5.41, 5.74) is 1.27. The van der Waals surface area contributed by atoms with Crippen LogP contribution in [0.25, 0.3) is 0 Å². The van der Waals surface area contributed by atoms with Crippen molar-refractivity contribution in [2.75, 3.05) is 60.6 Å². The van der Waals surface area contributed by atoms with E-state index in [-0.39, 0.29) is 30.1 Å². The average molecular weight is 504 g/mol. The van der Waals surface area contributed by atoms with Gasteiger partial charge in [0.2, 0.25) is 0 Å². The van der Waals surface area contributed by atoms with Crippen molar-refractivity contribution in [3.8, 4) is 0 Å². The van der Waals surface area contributed by atoms with Gasteiger partial charge in [0.15, 0.2) is 5.96 Å². The summed E-state index contributed by atoms with van der Waals surface area (Å²) < 4.78 is 11.2. The monoisotopic (exact) mass is 504 g/mol. The van der Waals surface area contributed by atoms with Crippen LogP contribution in [-0.4, -0.2) is 71.5 Å². The molecule has 1 saturated heterocycles. The Morgan fingerprint density at radius 1 is 1.25 bits per heavy atom. The van der Waals surface area contributed by atoms with E-state index in [1.54, 1.807) is 7.11 Å². The standard InChI is InChI=1S/C21H36N4O2.HI/c1-22-21(23-12-14-25(2)13-8-15-26-3)24-17-19-11-7-16-27-20(19)18-9-5-4-6-10-18;/h4-6,9-10,19-20H,7-8,11-17H2,1-3H3,(H2,22,23,24);1H. The van der Waals surface area contributed by atoms with Crippen LogP contribution in [0.4, 0.5) is 0 Å². The fourth-order valence-corrected chi connectivity index (χ4v) is 3.47. The number of likely N-dealkylation sites (N-methyl/N-ethyl adjacent to an activating group) is 1. The molecule has 2 atom stereocenters. The predicted molar refractivity (Wildman–Crippen MR) is 127 cm³/mol. The molecule has 0 amide bonds. The molecule has 2 N–H and O–H groups in total. The quantitative estimate of drug-likeness (QED) is 0.222. The van der Waals surface area contributed by atoms with Crippen LogP contribution >= 0.6 is 24.0 Å². The number of rotatable bonds is 10. The summed E-state index contributed by atoms with van der Waals surface area (Å²) in [6.45, 7) is 5.41. The van der Waals surface area contributed by atoms with Crippen LogP contribution in [0.15, 0.2) is 35.3 Å². The molecule has 0 bridgehead atoms. The molecule has 2 unspecified atom stereocenters. The fraction of sp³-hybridized carbons (Fsp3) is 0.667. The van der Waals surface area contributed by atoms with Crippen molar-refractivity contribution in [2.45, 2.75) is 25.4 Å². The summed E-state index contributed by atoms with van der Waals surface area (Å²) in [5, 5.41) is 6.90. The minimum absolute atomic E-state index is 0. The maximum atomic E-state index is 6.08. The molecule has 0 aliphatic carbocycles. The first-order chi connectivity index (χ1) is 13.2. The van der Waals surface area contributed by atoms with E-state index in [9.17, 15) is 0 Å². The Bertz CT molecular complexity index is 544. The fourth-order valence-electron chi connectivity index (χ4n) is 3.47. The molecule has 1 heterocycles. The summed E-state index contributed by atoms with van der Waals surface area (Å²) >= 11 is 0. The molecule has 1 aliphatic heterocycles. The van der Waals surface area contributed by atoms with Crippen molar-refractivity contribution in [1.82, 2.24) is 15.5 Å². The van der Waals surface area contributed by atoms with Gasteiger partial charge in [-0.1, -0.05) is 30.3 Å². The van der Waals surface area contributed by atoms with Gasteiger partial charge in [-0.2, -0.15) is 0 Å². The van der Waals surface area contributed by atoms with Gasteiger partial charge in [0.05, 0.1) is 6.10 Å². The van der Waals surface area contributed by atoms with Crippen molar-refractivity contribution in [2.24, 2.45) is 10.9 Å². The Labute approximate surface area is 187 Å². The summed E-state index contributed by atoms with van der Waals surface area (Å²) in [5.74, 6) is 1.31. The van der Waals surface area contributed by atoms with Gasteiger partial charge in [0.25, 0.3) is 0 Å². The lowest BCUT2D eigenvalue weighted by Crippen LogP contribution is -2.44. The first-order valence-corrected chi connectivity index (χ1v) is 10.0. The highest BCUT2D eigenvalue weighted by atomic mass is 127. The summed E-state index contributed by atoms with van der Waals surface area (Å²) in [7, 11) is 5.71. The number of ether oxygens (including phenoxy) is 2. The molecule has 0 radical (unpaired) electrons. The van der Waals surface area contributed by atoms with E-state index < -0.39 is 0 Å². The Morgan fingerprint density at radius 2 is 2.04 bits per heavy atom. The molecule has 1 aromatic rings. The number of nitrogens with one attached hydrogen (secondary N) is 2. The van der Waals surface area contributed by atoms with Crippen LogP contribution in [0.3, 0.4) is 0 Å². The van der Waals surface area contributed by atoms with Crippen molar-refractivity contribution in [3.63, 3.8) is 0 Å². The van der Waals surface area contributed by atoms with Crippen molar-refractivity contribution >= 4 is 29.9 Å². The van der Waals surface area contributed by atoms with Crippen LogP contribution in [0.1, 0.15) is 30.9 Å². The minimum Gasteiger partial charge on any atom is -0.385 e. The van der Waals surface area contributed by atoms with Gasteiger partial charge in [0.1, 0.15) is 0 Å². The minimum atomic E-state index is 0. The van der Waals surface area contributed by atoms with E-state index in [0.29, 0.717) is 5.92 Å². The second kappa shape index (κ2) is 15.0. The smallest absolute Gasteiger partial charge is 0.191 e. The van der Waals surface area contributed by atoms with E-state index in [2.05, 4.69) is 57.9 Å². The number of hydrogen-bond donors (Lipinski definition) is 2. The van der Waals surface area contributed by atoms with Gasteiger partial charge in [-0.05, 0) is 31.9 Å². The van der Waals surface area contributed by atoms with E-state index in [1.165, 1.54) is 12.0 Å². The van der Waals surface area contributed by atoms with E-state index in [0.717, 1.165) is 58.2 Å². The van der Waals surface area contributed by atoms with Gasteiger partial charge < -0.3 is 25.0 Å². The number of guanidine groups is 1. The van der Waals surface area contributed by atoms with E-state index >= 15 is 0 Å². The lowest BCUT2D eigenvalue weighted by atomic mass is 9.89. The topological polar surface area (TPSA) is 58.1 Å². The largest absolute Gasteiger partial charge is 0.385 e. The van der Waals surface area contributed by atoms with Gasteiger partial charge in [-0.3, -0.25) is 4.99 Å². The lowest BCUT2D eigenvalue weighted by molar-refractivity contribution is -0.0265. The van der Waals surface area contributed by atoms with Crippen molar-refractivity contribution < 1.29 is 9.47 Å². The van der Waals surface area contributed by atoms with Gasteiger partial charge >= 0.3 is 0 Å². The second-order valence-electron chi connectivity index (χ2n) is 7.13. The van der Waals surface area contributed by atoms with Crippen LogP contribution in [-0.2, 0) is 9.47 Å². The first kappa shape index (κ1) is 25.1.